The number of aromatic nitrogens is 1. The van der Waals surface area contributed by atoms with Gasteiger partial charge < -0.3 is 0 Å². The molecule has 0 amide bonds. The highest BCUT2D eigenvalue weighted by Gasteiger charge is 1.96. The fraction of sp³-hybridized carbons (Fsp3) is 0.0769. The van der Waals surface area contributed by atoms with Gasteiger partial charge in [-0.15, -0.1) is 0 Å². The van der Waals surface area contributed by atoms with Crippen LogP contribution in [0.4, 0.5) is 10.1 Å². The minimum atomic E-state index is -0.261. The van der Waals surface area contributed by atoms with Crippen LogP contribution in [0.1, 0.15) is 12.5 Å². The maximum Gasteiger partial charge on any atom is 0.123 e. The zero-order valence-electron chi connectivity index (χ0n) is 9.39. The first-order chi connectivity index (χ1) is 8.25. The van der Waals surface area contributed by atoms with Crippen LogP contribution in [0.15, 0.2) is 53.9 Å². The van der Waals surface area contributed by atoms with Crippen molar-refractivity contribution in [1.82, 2.24) is 4.98 Å². The van der Waals surface area contributed by atoms with Gasteiger partial charge in [-0.1, -0.05) is 6.07 Å². The van der Waals surface area contributed by atoms with Gasteiger partial charge in [0.1, 0.15) is 5.82 Å². The number of halogens is 1. The molecule has 17 heavy (non-hydrogen) atoms. The predicted molar refractivity (Wildman–Crippen MR) is 66.5 cm³/mol. The molecule has 0 saturated heterocycles. The van der Waals surface area contributed by atoms with E-state index in [2.05, 4.69) is 15.5 Å². The summed E-state index contributed by atoms with van der Waals surface area (Å²) >= 11 is 0. The van der Waals surface area contributed by atoms with Crippen molar-refractivity contribution in [3.05, 3.63) is 60.2 Å². The monoisotopic (exact) mass is 229 g/mol. The van der Waals surface area contributed by atoms with Crippen LogP contribution >= 0.6 is 0 Å². The lowest BCUT2D eigenvalue weighted by Crippen LogP contribution is -1.99. The predicted octanol–water partition coefficient (Wildman–Crippen LogP) is 3.06. The Morgan fingerprint density at radius 2 is 2.00 bits per heavy atom. The van der Waals surface area contributed by atoms with Gasteiger partial charge in [0.25, 0.3) is 0 Å². The normalized spacial score (nSPS) is 11.3. The Morgan fingerprint density at radius 1 is 1.24 bits per heavy atom. The fourth-order valence-electron chi connectivity index (χ4n) is 1.31. The van der Waals surface area contributed by atoms with Crippen molar-refractivity contribution in [2.45, 2.75) is 6.92 Å². The highest BCUT2D eigenvalue weighted by molar-refractivity contribution is 5.98. The van der Waals surface area contributed by atoms with E-state index in [0.717, 1.165) is 17.0 Å². The second-order valence-electron chi connectivity index (χ2n) is 3.56. The zero-order chi connectivity index (χ0) is 12.1. The molecule has 4 heteroatoms. The smallest absolute Gasteiger partial charge is 0.123 e. The lowest BCUT2D eigenvalue weighted by molar-refractivity contribution is 0.628. The quantitative estimate of drug-likeness (QED) is 0.648. The lowest BCUT2D eigenvalue weighted by Gasteiger charge is -2.02. The van der Waals surface area contributed by atoms with E-state index < -0.39 is 0 Å². The van der Waals surface area contributed by atoms with Gasteiger partial charge in [-0.25, -0.2) is 4.39 Å². The molecule has 2 rings (SSSR count). The lowest BCUT2D eigenvalue weighted by atomic mass is 10.2. The van der Waals surface area contributed by atoms with E-state index >= 15 is 0 Å². The van der Waals surface area contributed by atoms with Crippen LogP contribution in [0.25, 0.3) is 0 Å². The Morgan fingerprint density at radius 3 is 2.65 bits per heavy atom. The molecule has 0 fully saturated rings. The van der Waals surface area contributed by atoms with Crippen LogP contribution in [-0.4, -0.2) is 10.7 Å². The largest absolute Gasteiger partial charge is 0.278 e. The van der Waals surface area contributed by atoms with E-state index in [9.17, 15) is 4.39 Å². The minimum absolute atomic E-state index is 0.261. The molecule has 1 N–H and O–H groups in total. The van der Waals surface area contributed by atoms with Crippen LogP contribution in [0.5, 0.6) is 0 Å². The summed E-state index contributed by atoms with van der Waals surface area (Å²) in [5.41, 5.74) is 5.38. The van der Waals surface area contributed by atoms with Gasteiger partial charge in [0, 0.05) is 18.0 Å². The molecule has 0 radical (unpaired) electrons. The second-order valence-corrected chi connectivity index (χ2v) is 3.56. The van der Waals surface area contributed by atoms with Crippen LogP contribution in [-0.2, 0) is 0 Å². The minimum Gasteiger partial charge on any atom is -0.278 e. The average molecular weight is 229 g/mol. The number of hydrogen-bond donors (Lipinski definition) is 1. The topological polar surface area (TPSA) is 37.3 Å². The Kier molecular flexibility index (Phi) is 3.45. The van der Waals surface area contributed by atoms with Crippen molar-refractivity contribution >= 4 is 11.4 Å². The Hall–Kier alpha value is -2.23. The maximum atomic E-state index is 12.7. The van der Waals surface area contributed by atoms with Gasteiger partial charge in [0.2, 0.25) is 0 Å². The fourth-order valence-corrected chi connectivity index (χ4v) is 1.31. The van der Waals surface area contributed by atoms with E-state index in [1.807, 2.05) is 19.1 Å². The number of hydrogen-bond acceptors (Lipinski definition) is 3. The van der Waals surface area contributed by atoms with Gasteiger partial charge in [-0.05, 0) is 37.3 Å². The molecule has 86 valence electrons. The standard InChI is InChI=1S/C13H12FN3/c1-10(11-3-2-8-15-9-11)16-17-13-6-4-12(14)5-7-13/h2-9,17H,1H3/b16-10+. The third-order valence-electron chi connectivity index (χ3n) is 2.28. The third-order valence-corrected chi connectivity index (χ3v) is 2.28. The number of nitrogens with one attached hydrogen (secondary N) is 1. The first-order valence-electron chi connectivity index (χ1n) is 5.22. The van der Waals surface area contributed by atoms with Gasteiger partial charge in [-0.3, -0.25) is 10.4 Å². The average Bonchev–Trinajstić information content (AvgIpc) is 2.39. The van der Waals surface area contributed by atoms with E-state index in [0.29, 0.717) is 0 Å². The van der Waals surface area contributed by atoms with E-state index in [-0.39, 0.29) is 5.82 Å². The maximum absolute atomic E-state index is 12.7. The van der Waals surface area contributed by atoms with E-state index in [1.54, 1.807) is 24.5 Å². The first-order valence-corrected chi connectivity index (χ1v) is 5.22. The summed E-state index contributed by atoms with van der Waals surface area (Å²) in [6.45, 7) is 1.88. The van der Waals surface area contributed by atoms with E-state index in [1.165, 1.54) is 12.1 Å². The summed E-state index contributed by atoms with van der Waals surface area (Å²) in [4.78, 5) is 4.01. The molecule has 0 unspecified atom stereocenters. The van der Waals surface area contributed by atoms with Gasteiger partial charge in [0.05, 0.1) is 11.4 Å². The molecule has 1 aromatic carbocycles. The number of rotatable bonds is 3. The Balaban J connectivity index is 2.08. The number of anilines is 1. The summed E-state index contributed by atoms with van der Waals surface area (Å²) < 4.78 is 12.7. The zero-order valence-corrected chi connectivity index (χ0v) is 9.39. The molecule has 0 spiro atoms. The molecule has 0 saturated carbocycles. The highest BCUT2D eigenvalue weighted by atomic mass is 19.1. The third kappa shape index (κ3) is 3.11. The molecule has 2 aromatic rings. The summed E-state index contributed by atoms with van der Waals surface area (Å²) in [5.74, 6) is -0.261. The SMILES string of the molecule is C/C(=N\Nc1ccc(F)cc1)c1cccnc1. The molecule has 1 heterocycles. The summed E-state index contributed by atoms with van der Waals surface area (Å²) in [5, 5.41) is 4.20. The Bertz CT molecular complexity index is 506. The van der Waals surface area contributed by atoms with Crippen LogP contribution in [0.3, 0.4) is 0 Å². The van der Waals surface area contributed by atoms with Crippen molar-refractivity contribution < 1.29 is 4.39 Å². The molecule has 0 aliphatic rings. The molecule has 0 aliphatic heterocycles. The number of pyridine rings is 1. The number of benzene rings is 1. The summed E-state index contributed by atoms with van der Waals surface area (Å²) in [6.07, 6.45) is 3.45. The van der Waals surface area contributed by atoms with Crippen LogP contribution < -0.4 is 5.43 Å². The molecule has 0 aliphatic carbocycles. The molecular formula is C13H12FN3. The van der Waals surface area contributed by atoms with Crippen LogP contribution in [0, 0.1) is 5.82 Å². The van der Waals surface area contributed by atoms with Crippen molar-refractivity contribution in [1.29, 1.82) is 0 Å². The van der Waals surface area contributed by atoms with Gasteiger partial charge in [-0.2, -0.15) is 5.10 Å². The van der Waals surface area contributed by atoms with E-state index in [4.69, 9.17) is 0 Å². The van der Waals surface area contributed by atoms with Crippen molar-refractivity contribution in [3.8, 4) is 0 Å². The highest BCUT2D eigenvalue weighted by Crippen LogP contribution is 2.08. The summed E-state index contributed by atoms with van der Waals surface area (Å²) in [7, 11) is 0. The van der Waals surface area contributed by atoms with Crippen molar-refractivity contribution in [3.63, 3.8) is 0 Å². The first kappa shape index (κ1) is 11.3. The van der Waals surface area contributed by atoms with Gasteiger partial charge in [0.15, 0.2) is 0 Å². The van der Waals surface area contributed by atoms with Crippen molar-refractivity contribution in [2.75, 3.05) is 5.43 Å². The molecular weight excluding hydrogens is 217 g/mol. The number of hydrazone groups is 1. The molecule has 0 bridgehead atoms. The molecule has 0 atom stereocenters. The Labute approximate surface area is 99.0 Å². The number of nitrogens with zero attached hydrogens (tertiary/aromatic N) is 2. The summed E-state index contributed by atoms with van der Waals surface area (Å²) in [6, 6.07) is 9.82. The van der Waals surface area contributed by atoms with Crippen LogP contribution in [0.2, 0.25) is 0 Å². The van der Waals surface area contributed by atoms with Crippen molar-refractivity contribution in [2.24, 2.45) is 5.10 Å². The molecule has 1 aromatic heterocycles. The second kappa shape index (κ2) is 5.21. The molecule has 3 nitrogen and oxygen atoms in total. The van der Waals surface area contributed by atoms with Gasteiger partial charge >= 0.3 is 0 Å².